The van der Waals surface area contributed by atoms with Crippen LogP contribution in [0.2, 0.25) is 10.0 Å². The summed E-state index contributed by atoms with van der Waals surface area (Å²) in [5.41, 5.74) is 0.526. The largest absolute Gasteiger partial charge is 0.350 e. The van der Waals surface area contributed by atoms with Crippen molar-refractivity contribution in [2.24, 2.45) is 0 Å². The standard InChI is InChI=1S/C11H12Cl2INO/c1-3-6(2)15-11(16)8-4-7(12)5-9(13)10(8)14/h4-6H,3H2,1-2H3,(H,15,16)/t6-/m1/s1. The van der Waals surface area contributed by atoms with Crippen molar-refractivity contribution in [2.75, 3.05) is 0 Å². The van der Waals surface area contributed by atoms with E-state index in [2.05, 4.69) is 5.32 Å². The molecule has 0 aromatic heterocycles. The lowest BCUT2D eigenvalue weighted by Gasteiger charge is -2.13. The van der Waals surface area contributed by atoms with E-state index in [0.29, 0.717) is 15.6 Å². The van der Waals surface area contributed by atoms with Crippen LogP contribution >= 0.6 is 45.8 Å². The third-order valence-electron chi connectivity index (χ3n) is 2.23. The predicted molar refractivity (Wildman–Crippen MR) is 76.4 cm³/mol. The van der Waals surface area contributed by atoms with Crippen LogP contribution in [0.25, 0.3) is 0 Å². The molecule has 0 unspecified atom stereocenters. The van der Waals surface area contributed by atoms with Gasteiger partial charge in [0.05, 0.1) is 10.6 Å². The number of carbonyl (C=O) groups excluding carboxylic acids is 1. The highest BCUT2D eigenvalue weighted by atomic mass is 127. The van der Waals surface area contributed by atoms with E-state index in [4.69, 9.17) is 23.2 Å². The molecule has 1 rings (SSSR count). The molecule has 0 saturated heterocycles. The Labute approximate surface area is 119 Å². The highest BCUT2D eigenvalue weighted by molar-refractivity contribution is 14.1. The highest BCUT2D eigenvalue weighted by Gasteiger charge is 2.15. The fourth-order valence-corrected chi connectivity index (χ4v) is 2.17. The summed E-state index contributed by atoms with van der Waals surface area (Å²) in [5.74, 6) is -0.136. The van der Waals surface area contributed by atoms with Crippen molar-refractivity contribution in [2.45, 2.75) is 26.3 Å². The molecule has 0 aliphatic carbocycles. The minimum Gasteiger partial charge on any atom is -0.350 e. The Hall–Kier alpha value is -0.000000000000000111. The van der Waals surface area contributed by atoms with E-state index in [1.165, 1.54) is 0 Å². The van der Waals surface area contributed by atoms with Gasteiger partial charge in [-0.1, -0.05) is 30.1 Å². The smallest absolute Gasteiger partial charge is 0.252 e. The summed E-state index contributed by atoms with van der Waals surface area (Å²) in [7, 11) is 0. The number of carbonyl (C=O) groups is 1. The summed E-state index contributed by atoms with van der Waals surface area (Å²) >= 11 is 13.9. The van der Waals surface area contributed by atoms with Crippen LogP contribution in [0.4, 0.5) is 0 Å². The SMILES string of the molecule is CC[C@@H](C)NC(=O)c1cc(Cl)cc(Cl)c1I. The Balaban J connectivity index is 2.99. The Bertz CT molecular complexity index is 409. The zero-order chi connectivity index (χ0) is 12.3. The van der Waals surface area contributed by atoms with Crippen molar-refractivity contribution in [3.8, 4) is 0 Å². The van der Waals surface area contributed by atoms with E-state index in [-0.39, 0.29) is 11.9 Å². The molecule has 1 aromatic carbocycles. The van der Waals surface area contributed by atoms with E-state index in [1.54, 1.807) is 12.1 Å². The van der Waals surface area contributed by atoms with Crippen LogP contribution in [0.15, 0.2) is 12.1 Å². The molecule has 0 heterocycles. The summed E-state index contributed by atoms with van der Waals surface area (Å²) in [6, 6.07) is 3.40. The fraction of sp³-hybridized carbons (Fsp3) is 0.364. The zero-order valence-corrected chi connectivity index (χ0v) is 12.7. The Morgan fingerprint density at radius 2 is 2.12 bits per heavy atom. The van der Waals surface area contributed by atoms with E-state index in [1.807, 2.05) is 36.4 Å². The van der Waals surface area contributed by atoms with E-state index < -0.39 is 0 Å². The molecular weight excluding hydrogens is 360 g/mol. The lowest BCUT2D eigenvalue weighted by atomic mass is 10.2. The van der Waals surface area contributed by atoms with Crippen LogP contribution in [0.5, 0.6) is 0 Å². The molecule has 0 saturated carbocycles. The topological polar surface area (TPSA) is 29.1 Å². The number of hydrogen-bond acceptors (Lipinski definition) is 1. The first kappa shape index (κ1) is 14.1. The first-order chi connectivity index (χ1) is 7.45. The molecule has 0 aliphatic rings. The van der Waals surface area contributed by atoms with Gasteiger partial charge >= 0.3 is 0 Å². The van der Waals surface area contributed by atoms with E-state index in [9.17, 15) is 4.79 Å². The summed E-state index contributed by atoms with van der Waals surface area (Å²) in [5, 5.41) is 3.85. The third kappa shape index (κ3) is 3.50. The van der Waals surface area contributed by atoms with Crippen LogP contribution in [0, 0.1) is 3.57 Å². The molecule has 0 fully saturated rings. The number of benzene rings is 1. The van der Waals surface area contributed by atoms with Crippen molar-refractivity contribution >= 4 is 51.7 Å². The zero-order valence-electron chi connectivity index (χ0n) is 8.98. The molecule has 1 aromatic rings. The van der Waals surface area contributed by atoms with Gasteiger partial charge in [-0.3, -0.25) is 4.79 Å². The van der Waals surface area contributed by atoms with E-state index in [0.717, 1.165) is 9.99 Å². The summed E-state index contributed by atoms with van der Waals surface area (Å²) in [4.78, 5) is 11.9. The second kappa shape index (κ2) is 6.07. The Morgan fingerprint density at radius 3 is 2.69 bits per heavy atom. The molecule has 16 heavy (non-hydrogen) atoms. The van der Waals surface area contributed by atoms with Crippen molar-refractivity contribution in [3.63, 3.8) is 0 Å². The molecule has 0 spiro atoms. The average Bonchev–Trinajstić information content (AvgIpc) is 2.22. The van der Waals surface area contributed by atoms with E-state index >= 15 is 0 Å². The van der Waals surface area contributed by atoms with Crippen LogP contribution < -0.4 is 5.32 Å². The fourth-order valence-electron chi connectivity index (χ4n) is 1.12. The number of hydrogen-bond donors (Lipinski definition) is 1. The summed E-state index contributed by atoms with van der Waals surface area (Å²) in [6.45, 7) is 3.97. The number of halogens is 3. The van der Waals surface area contributed by atoms with Gasteiger partial charge in [-0.25, -0.2) is 0 Å². The average molecular weight is 372 g/mol. The van der Waals surface area contributed by atoms with Gasteiger partial charge in [-0.05, 0) is 48.1 Å². The lowest BCUT2D eigenvalue weighted by molar-refractivity contribution is 0.0938. The van der Waals surface area contributed by atoms with Crippen LogP contribution in [-0.2, 0) is 0 Å². The molecule has 5 heteroatoms. The minimum atomic E-state index is -0.136. The first-order valence-corrected chi connectivity index (χ1v) is 6.74. The molecule has 0 bridgehead atoms. The van der Waals surface area contributed by atoms with Crippen LogP contribution in [-0.4, -0.2) is 11.9 Å². The Kier molecular flexibility index (Phi) is 5.34. The molecule has 0 radical (unpaired) electrons. The molecule has 1 N–H and O–H groups in total. The molecular formula is C11H12Cl2INO. The van der Waals surface area contributed by atoms with Crippen LogP contribution in [0.1, 0.15) is 30.6 Å². The second-order valence-corrected chi connectivity index (χ2v) is 5.45. The third-order valence-corrected chi connectivity index (χ3v) is 4.22. The van der Waals surface area contributed by atoms with Gasteiger partial charge in [0, 0.05) is 14.6 Å². The quantitative estimate of drug-likeness (QED) is 0.628. The molecule has 88 valence electrons. The van der Waals surface area contributed by atoms with Crippen LogP contribution in [0.3, 0.4) is 0 Å². The number of amides is 1. The first-order valence-electron chi connectivity index (χ1n) is 4.91. The normalized spacial score (nSPS) is 12.3. The van der Waals surface area contributed by atoms with Gasteiger partial charge in [0.1, 0.15) is 0 Å². The predicted octanol–water partition coefficient (Wildman–Crippen LogP) is 4.13. The van der Waals surface area contributed by atoms with Crippen molar-refractivity contribution in [1.82, 2.24) is 5.32 Å². The van der Waals surface area contributed by atoms with Gasteiger partial charge < -0.3 is 5.32 Å². The Morgan fingerprint density at radius 1 is 1.50 bits per heavy atom. The molecule has 2 nitrogen and oxygen atoms in total. The van der Waals surface area contributed by atoms with Gasteiger partial charge in [-0.15, -0.1) is 0 Å². The summed E-state index contributed by atoms with van der Waals surface area (Å²) < 4.78 is 0.726. The van der Waals surface area contributed by atoms with Gasteiger partial charge in [-0.2, -0.15) is 0 Å². The molecule has 0 aliphatic heterocycles. The molecule has 1 amide bonds. The number of rotatable bonds is 3. The maximum Gasteiger partial charge on any atom is 0.252 e. The van der Waals surface area contributed by atoms with Crippen molar-refractivity contribution in [3.05, 3.63) is 31.3 Å². The maximum atomic E-state index is 11.9. The highest BCUT2D eigenvalue weighted by Crippen LogP contribution is 2.26. The minimum absolute atomic E-state index is 0.136. The van der Waals surface area contributed by atoms with Crippen molar-refractivity contribution in [1.29, 1.82) is 0 Å². The van der Waals surface area contributed by atoms with Gasteiger partial charge in [0.15, 0.2) is 0 Å². The number of nitrogens with one attached hydrogen (secondary N) is 1. The summed E-state index contributed by atoms with van der Waals surface area (Å²) in [6.07, 6.45) is 0.886. The van der Waals surface area contributed by atoms with Gasteiger partial charge in [0.25, 0.3) is 5.91 Å². The van der Waals surface area contributed by atoms with Crippen molar-refractivity contribution < 1.29 is 4.79 Å². The van der Waals surface area contributed by atoms with Gasteiger partial charge in [0.2, 0.25) is 0 Å². The molecule has 1 atom stereocenters. The lowest BCUT2D eigenvalue weighted by Crippen LogP contribution is -2.32. The second-order valence-electron chi connectivity index (χ2n) is 3.53. The maximum absolute atomic E-state index is 11.9. The monoisotopic (exact) mass is 371 g/mol.